The molecule has 3 heteroatoms. The van der Waals surface area contributed by atoms with Gasteiger partial charge in [0.1, 0.15) is 11.6 Å². The summed E-state index contributed by atoms with van der Waals surface area (Å²) in [6, 6.07) is 4.01. The molecule has 1 saturated carbocycles. The number of anilines is 1. The number of aromatic nitrogens is 1. The molecule has 0 amide bonds. The Kier molecular flexibility index (Phi) is 2.80. The van der Waals surface area contributed by atoms with E-state index in [-0.39, 0.29) is 0 Å². The molecule has 2 rings (SSSR count). The first-order chi connectivity index (χ1) is 7.19. The van der Waals surface area contributed by atoms with E-state index in [2.05, 4.69) is 24.1 Å². The summed E-state index contributed by atoms with van der Waals surface area (Å²) in [5, 5.41) is 3.07. The average Bonchev–Trinajstić information content (AvgIpc) is 3.01. The molecule has 1 aromatic heterocycles. The minimum absolute atomic E-state index is 0.430. The zero-order valence-corrected chi connectivity index (χ0v) is 9.58. The van der Waals surface area contributed by atoms with Crippen LogP contribution in [0.5, 0.6) is 5.75 Å². The molecule has 1 aliphatic carbocycles. The van der Waals surface area contributed by atoms with Gasteiger partial charge in [-0.25, -0.2) is 4.98 Å². The fourth-order valence-electron chi connectivity index (χ4n) is 1.40. The van der Waals surface area contributed by atoms with Crippen molar-refractivity contribution in [2.45, 2.75) is 38.7 Å². The molecule has 15 heavy (non-hydrogen) atoms. The Labute approximate surface area is 90.9 Å². The van der Waals surface area contributed by atoms with E-state index in [0.717, 1.165) is 17.3 Å². The van der Waals surface area contributed by atoms with Crippen molar-refractivity contribution in [3.63, 3.8) is 0 Å². The van der Waals surface area contributed by atoms with E-state index in [0.29, 0.717) is 12.0 Å². The van der Waals surface area contributed by atoms with E-state index < -0.39 is 0 Å². The maximum atomic E-state index is 5.78. The van der Waals surface area contributed by atoms with Gasteiger partial charge in [0.2, 0.25) is 0 Å². The van der Waals surface area contributed by atoms with Gasteiger partial charge in [0, 0.05) is 24.9 Å². The quantitative estimate of drug-likeness (QED) is 0.822. The van der Waals surface area contributed by atoms with Crippen LogP contribution in [-0.4, -0.2) is 18.1 Å². The third-order valence-corrected chi connectivity index (χ3v) is 2.49. The Morgan fingerprint density at radius 1 is 1.40 bits per heavy atom. The maximum absolute atomic E-state index is 5.78. The van der Waals surface area contributed by atoms with E-state index in [4.69, 9.17) is 4.74 Å². The molecule has 0 unspecified atom stereocenters. The maximum Gasteiger partial charge on any atom is 0.129 e. The van der Waals surface area contributed by atoms with Crippen molar-refractivity contribution in [2.75, 3.05) is 12.4 Å². The second-order valence-electron chi connectivity index (χ2n) is 4.33. The van der Waals surface area contributed by atoms with E-state index >= 15 is 0 Å². The lowest BCUT2D eigenvalue weighted by Gasteiger charge is -2.11. The van der Waals surface area contributed by atoms with Gasteiger partial charge in [0.25, 0.3) is 0 Å². The molecule has 1 fully saturated rings. The molecule has 0 aromatic carbocycles. The van der Waals surface area contributed by atoms with Crippen LogP contribution in [-0.2, 0) is 0 Å². The minimum Gasteiger partial charge on any atom is -0.490 e. The van der Waals surface area contributed by atoms with Gasteiger partial charge in [-0.3, -0.25) is 0 Å². The van der Waals surface area contributed by atoms with Gasteiger partial charge in [-0.15, -0.1) is 0 Å². The van der Waals surface area contributed by atoms with Gasteiger partial charge in [0.15, 0.2) is 0 Å². The summed E-state index contributed by atoms with van der Waals surface area (Å²) < 4.78 is 5.78. The van der Waals surface area contributed by atoms with Crippen LogP contribution in [0.15, 0.2) is 12.1 Å². The van der Waals surface area contributed by atoms with E-state index in [9.17, 15) is 0 Å². The summed E-state index contributed by atoms with van der Waals surface area (Å²) in [6.07, 6.45) is 2.82. The van der Waals surface area contributed by atoms with Gasteiger partial charge in [0.05, 0.1) is 6.10 Å². The molecule has 1 aliphatic rings. The molecule has 82 valence electrons. The van der Waals surface area contributed by atoms with Crippen LogP contribution in [0, 0.1) is 0 Å². The summed E-state index contributed by atoms with van der Waals surface area (Å²) in [6.45, 7) is 4.28. The largest absolute Gasteiger partial charge is 0.490 e. The van der Waals surface area contributed by atoms with Crippen LogP contribution in [0.4, 0.5) is 5.82 Å². The normalized spacial score (nSPS) is 15.5. The second-order valence-corrected chi connectivity index (χ2v) is 4.33. The molecule has 0 spiro atoms. The number of nitrogens with zero attached hydrogens (tertiary/aromatic N) is 1. The van der Waals surface area contributed by atoms with Crippen molar-refractivity contribution in [3.8, 4) is 5.75 Å². The van der Waals surface area contributed by atoms with E-state index in [1.54, 1.807) is 0 Å². The summed E-state index contributed by atoms with van der Waals surface area (Å²) in [7, 11) is 1.88. The molecular weight excluding hydrogens is 188 g/mol. The van der Waals surface area contributed by atoms with Crippen molar-refractivity contribution < 1.29 is 4.74 Å². The summed E-state index contributed by atoms with van der Waals surface area (Å²) in [5.41, 5.74) is 1.08. The first-order valence-electron chi connectivity index (χ1n) is 5.55. The standard InChI is InChI=1S/C12H18N2O/c1-8(2)11-6-10(15-9-4-5-9)7-12(13-3)14-11/h6-9H,4-5H2,1-3H3,(H,13,14). The van der Waals surface area contributed by atoms with Crippen LogP contribution in [0.3, 0.4) is 0 Å². The van der Waals surface area contributed by atoms with Crippen LogP contribution in [0.1, 0.15) is 38.3 Å². The Bertz CT molecular complexity index is 345. The zero-order valence-electron chi connectivity index (χ0n) is 9.58. The van der Waals surface area contributed by atoms with Gasteiger partial charge in [-0.2, -0.15) is 0 Å². The fourth-order valence-corrected chi connectivity index (χ4v) is 1.40. The smallest absolute Gasteiger partial charge is 0.129 e. The summed E-state index contributed by atoms with van der Waals surface area (Å²) >= 11 is 0. The lowest BCUT2D eigenvalue weighted by molar-refractivity contribution is 0.302. The average molecular weight is 206 g/mol. The fraction of sp³-hybridized carbons (Fsp3) is 0.583. The molecule has 0 atom stereocenters. The van der Waals surface area contributed by atoms with Crippen LogP contribution < -0.4 is 10.1 Å². The Balaban J connectivity index is 2.23. The molecule has 0 saturated heterocycles. The van der Waals surface area contributed by atoms with Crippen LogP contribution in [0.2, 0.25) is 0 Å². The predicted octanol–water partition coefficient (Wildman–Crippen LogP) is 2.79. The second kappa shape index (κ2) is 4.09. The monoisotopic (exact) mass is 206 g/mol. The van der Waals surface area contributed by atoms with Gasteiger partial charge >= 0.3 is 0 Å². The molecule has 3 nitrogen and oxygen atoms in total. The Morgan fingerprint density at radius 2 is 2.13 bits per heavy atom. The van der Waals surface area contributed by atoms with Gasteiger partial charge in [-0.05, 0) is 18.8 Å². The van der Waals surface area contributed by atoms with Crippen LogP contribution >= 0.6 is 0 Å². The van der Waals surface area contributed by atoms with Crippen LogP contribution in [0.25, 0.3) is 0 Å². The lowest BCUT2D eigenvalue weighted by atomic mass is 10.1. The molecule has 0 bridgehead atoms. The predicted molar refractivity (Wildman–Crippen MR) is 61.5 cm³/mol. The minimum atomic E-state index is 0.430. The molecule has 1 N–H and O–H groups in total. The summed E-state index contributed by atoms with van der Waals surface area (Å²) in [5.74, 6) is 2.26. The third-order valence-electron chi connectivity index (χ3n) is 2.49. The van der Waals surface area contributed by atoms with Crippen molar-refractivity contribution >= 4 is 5.82 Å². The zero-order chi connectivity index (χ0) is 10.8. The van der Waals surface area contributed by atoms with Crippen molar-refractivity contribution in [1.82, 2.24) is 4.98 Å². The van der Waals surface area contributed by atoms with Gasteiger partial charge in [-0.1, -0.05) is 13.8 Å². The highest BCUT2D eigenvalue weighted by molar-refractivity contribution is 5.43. The number of rotatable bonds is 4. The SMILES string of the molecule is CNc1cc(OC2CC2)cc(C(C)C)n1. The molecule has 0 radical (unpaired) electrons. The highest BCUT2D eigenvalue weighted by atomic mass is 16.5. The van der Waals surface area contributed by atoms with Crippen molar-refractivity contribution in [2.24, 2.45) is 0 Å². The summed E-state index contributed by atoms with van der Waals surface area (Å²) in [4.78, 5) is 4.49. The number of pyridine rings is 1. The van der Waals surface area contributed by atoms with Gasteiger partial charge < -0.3 is 10.1 Å². The molecule has 0 aliphatic heterocycles. The highest BCUT2D eigenvalue weighted by Gasteiger charge is 2.24. The first kappa shape index (κ1) is 10.3. The molecular formula is C12H18N2O. The first-order valence-corrected chi connectivity index (χ1v) is 5.55. The number of ether oxygens (including phenoxy) is 1. The van der Waals surface area contributed by atoms with Crippen molar-refractivity contribution in [1.29, 1.82) is 0 Å². The molecule has 1 aromatic rings. The van der Waals surface area contributed by atoms with Crippen molar-refractivity contribution in [3.05, 3.63) is 17.8 Å². The Morgan fingerprint density at radius 3 is 2.67 bits per heavy atom. The Hall–Kier alpha value is -1.25. The number of nitrogens with one attached hydrogen (secondary N) is 1. The molecule has 1 heterocycles. The number of hydrogen-bond acceptors (Lipinski definition) is 3. The topological polar surface area (TPSA) is 34.1 Å². The lowest BCUT2D eigenvalue weighted by Crippen LogP contribution is -2.02. The number of hydrogen-bond donors (Lipinski definition) is 1. The van der Waals surface area contributed by atoms with E-state index in [1.807, 2.05) is 19.2 Å². The third kappa shape index (κ3) is 2.61. The van der Waals surface area contributed by atoms with E-state index in [1.165, 1.54) is 12.8 Å². The highest BCUT2D eigenvalue weighted by Crippen LogP contribution is 2.29.